The third-order valence-electron chi connectivity index (χ3n) is 5.57. The van der Waals surface area contributed by atoms with Gasteiger partial charge in [-0.1, -0.05) is 18.2 Å². The Balaban J connectivity index is 1.68. The Morgan fingerprint density at radius 3 is 2.59 bits per heavy atom. The maximum Gasteiger partial charge on any atom is 0.343 e. The highest BCUT2D eigenvalue weighted by molar-refractivity contribution is 14.1. The minimum Gasteiger partial charge on any atom is -0.493 e. The number of hydrazone groups is 1. The van der Waals surface area contributed by atoms with Gasteiger partial charge in [-0.05, 0) is 72.4 Å². The van der Waals surface area contributed by atoms with Crippen molar-refractivity contribution < 1.29 is 38.1 Å². The molecule has 0 aromatic heterocycles. The largest absolute Gasteiger partial charge is 0.493 e. The molecule has 1 amide bonds. The second-order valence-electron chi connectivity index (χ2n) is 8.31. The summed E-state index contributed by atoms with van der Waals surface area (Å²) in [5.74, 6) is -0.388. The van der Waals surface area contributed by atoms with Crippen LogP contribution in [0.5, 0.6) is 17.2 Å². The predicted molar refractivity (Wildman–Crippen MR) is 162 cm³/mol. The van der Waals surface area contributed by atoms with Gasteiger partial charge in [0.05, 0.1) is 42.2 Å². The molecule has 0 spiro atoms. The fourth-order valence-corrected chi connectivity index (χ4v) is 4.81. The zero-order chi connectivity index (χ0) is 29.9. The van der Waals surface area contributed by atoms with Gasteiger partial charge < -0.3 is 34.3 Å². The van der Waals surface area contributed by atoms with Crippen LogP contribution in [0, 0.1) is 3.57 Å². The van der Waals surface area contributed by atoms with E-state index in [4.69, 9.17) is 31.2 Å². The highest BCUT2D eigenvalue weighted by Crippen LogP contribution is 2.34. The summed E-state index contributed by atoms with van der Waals surface area (Å²) < 4.78 is 27.1. The van der Waals surface area contributed by atoms with E-state index in [1.165, 1.54) is 20.4 Å². The lowest BCUT2D eigenvalue weighted by Crippen LogP contribution is -2.45. The lowest BCUT2D eigenvalue weighted by Gasteiger charge is -2.30. The van der Waals surface area contributed by atoms with Crippen molar-refractivity contribution in [2.75, 3.05) is 34.0 Å². The quantitative estimate of drug-likeness (QED) is 0.0991. The molecule has 1 atom stereocenters. The van der Waals surface area contributed by atoms with E-state index >= 15 is 0 Å². The number of methoxy groups -OCH3 is 2. The molecule has 0 radical (unpaired) electrons. The maximum absolute atomic E-state index is 12.7. The molecule has 0 bridgehead atoms. The second-order valence-corrected chi connectivity index (χ2v) is 9.88. The third kappa shape index (κ3) is 8.53. The number of nitrogens with zero attached hydrogens (tertiary/aromatic N) is 1. The summed E-state index contributed by atoms with van der Waals surface area (Å²) in [6, 6.07) is 9.75. The summed E-state index contributed by atoms with van der Waals surface area (Å²) in [6.07, 6.45) is 1.43. The van der Waals surface area contributed by atoms with Gasteiger partial charge in [0.15, 0.2) is 29.8 Å². The van der Waals surface area contributed by atoms with Gasteiger partial charge in [0, 0.05) is 11.3 Å². The molecule has 1 aliphatic rings. The first kappa shape index (κ1) is 31.6. The maximum atomic E-state index is 12.7. The predicted octanol–water partition coefficient (Wildman–Crippen LogP) is 2.74. The van der Waals surface area contributed by atoms with Gasteiger partial charge in [0.1, 0.15) is 5.75 Å². The van der Waals surface area contributed by atoms with Crippen molar-refractivity contribution in [1.29, 1.82) is 0 Å². The first-order chi connectivity index (χ1) is 19.7. The van der Waals surface area contributed by atoms with Crippen LogP contribution < -0.4 is 30.3 Å². The monoisotopic (exact) mass is 696 g/mol. The summed E-state index contributed by atoms with van der Waals surface area (Å²) >= 11 is 7.33. The van der Waals surface area contributed by atoms with E-state index in [-0.39, 0.29) is 19.8 Å². The van der Waals surface area contributed by atoms with Gasteiger partial charge in [0.25, 0.3) is 5.91 Å². The number of benzene rings is 2. The van der Waals surface area contributed by atoms with Crippen LogP contribution in [0.3, 0.4) is 0 Å². The van der Waals surface area contributed by atoms with Crippen LogP contribution in [-0.4, -0.2) is 63.2 Å². The molecule has 0 saturated carbocycles. The molecule has 3 rings (SSSR count). The number of amides is 1. The minimum absolute atomic E-state index is 0.213. The number of carbonyl (C=O) groups is 3. The molecule has 2 aromatic carbocycles. The number of para-hydroxylation sites is 1. The molecule has 218 valence electrons. The van der Waals surface area contributed by atoms with Crippen LogP contribution in [0.25, 0.3) is 0 Å². The van der Waals surface area contributed by atoms with Crippen LogP contribution in [0.1, 0.15) is 31.0 Å². The minimum atomic E-state index is -0.642. The Morgan fingerprint density at radius 1 is 1.12 bits per heavy atom. The number of halogens is 1. The molecule has 12 nitrogen and oxygen atoms in total. The number of thiocarbonyl (C=S) groups is 1. The number of allylic oxidation sites excluding steroid dienone is 1. The van der Waals surface area contributed by atoms with Crippen molar-refractivity contribution in [2.24, 2.45) is 5.10 Å². The van der Waals surface area contributed by atoms with Crippen molar-refractivity contribution in [3.8, 4) is 17.2 Å². The third-order valence-corrected chi connectivity index (χ3v) is 6.59. The average molecular weight is 697 g/mol. The highest BCUT2D eigenvalue weighted by atomic mass is 127. The molecular formula is C27H29IN4O8S. The zero-order valence-corrected chi connectivity index (χ0v) is 25.7. The molecule has 2 aromatic rings. The number of ether oxygens (including phenoxy) is 5. The van der Waals surface area contributed by atoms with E-state index in [1.807, 2.05) is 22.6 Å². The van der Waals surface area contributed by atoms with Gasteiger partial charge in [-0.2, -0.15) is 5.10 Å². The Bertz CT molecular complexity index is 1380. The Hall–Kier alpha value is -3.92. The molecule has 0 aliphatic carbocycles. The molecule has 3 N–H and O–H groups in total. The van der Waals surface area contributed by atoms with Crippen molar-refractivity contribution in [1.82, 2.24) is 16.1 Å². The summed E-state index contributed by atoms with van der Waals surface area (Å²) in [4.78, 5) is 36.6. The van der Waals surface area contributed by atoms with Crippen LogP contribution in [0.2, 0.25) is 0 Å². The molecule has 0 saturated heterocycles. The highest BCUT2D eigenvalue weighted by Gasteiger charge is 2.32. The summed E-state index contributed by atoms with van der Waals surface area (Å²) in [5.41, 5.74) is 4.56. The van der Waals surface area contributed by atoms with Gasteiger partial charge >= 0.3 is 11.9 Å². The summed E-state index contributed by atoms with van der Waals surface area (Å²) in [6.45, 7) is 3.06. The van der Waals surface area contributed by atoms with Crippen LogP contribution in [0.15, 0.2) is 52.8 Å². The lowest BCUT2D eigenvalue weighted by atomic mass is 9.95. The zero-order valence-electron chi connectivity index (χ0n) is 22.7. The lowest BCUT2D eigenvalue weighted by molar-refractivity contribution is -0.143. The smallest absolute Gasteiger partial charge is 0.343 e. The first-order valence-electron chi connectivity index (χ1n) is 12.2. The Kier molecular flexibility index (Phi) is 11.7. The second kappa shape index (κ2) is 15.2. The van der Waals surface area contributed by atoms with E-state index in [0.717, 1.165) is 0 Å². The van der Waals surface area contributed by atoms with Gasteiger partial charge in [-0.25, -0.2) is 15.0 Å². The molecular weight excluding hydrogens is 667 g/mol. The number of hydrogen-bond acceptors (Lipinski definition) is 10. The topological polar surface area (TPSA) is 146 Å². The van der Waals surface area contributed by atoms with Crippen LogP contribution >= 0.6 is 34.8 Å². The number of esters is 2. The van der Waals surface area contributed by atoms with Gasteiger partial charge in [0.2, 0.25) is 0 Å². The van der Waals surface area contributed by atoms with E-state index in [2.05, 4.69) is 25.9 Å². The van der Waals surface area contributed by atoms with E-state index < -0.39 is 23.9 Å². The Morgan fingerprint density at radius 2 is 1.88 bits per heavy atom. The van der Waals surface area contributed by atoms with E-state index in [0.29, 0.717) is 48.3 Å². The average Bonchev–Trinajstić information content (AvgIpc) is 2.94. The molecule has 41 heavy (non-hydrogen) atoms. The SMILES string of the molecule is CCOC(=O)C1=C(C)NC(=S)N[C@@H]1c1ccccc1OCC(=O)NN=Cc1cc(I)c(OCC(=O)OC)c(OC)c1. The molecule has 0 fully saturated rings. The Labute approximate surface area is 255 Å². The van der Waals surface area contributed by atoms with Crippen LogP contribution in [-0.2, 0) is 23.9 Å². The summed E-state index contributed by atoms with van der Waals surface area (Å²) in [5, 5.41) is 10.4. The van der Waals surface area contributed by atoms with Gasteiger partial charge in [-0.15, -0.1) is 0 Å². The summed E-state index contributed by atoms with van der Waals surface area (Å²) in [7, 11) is 2.74. The molecule has 1 heterocycles. The van der Waals surface area contributed by atoms with Crippen molar-refractivity contribution in [3.63, 3.8) is 0 Å². The molecule has 0 unspecified atom stereocenters. The fourth-order valence-electron chi connectivity index (χ4n) is 3.76. The number of carbonyl (C=O) groups excluding carboxylic acids is 3. The number of rotatable bonds is 12. The number of hydrogen-bond donors (Lipinski definition) is 3. The van der Waals surface area contributed by atoms with Crippen molar-refractivity contribution >= 4 is 64.0 Å². The normalized spacial score (nSPS) is 14.6. The van der Waals surface area contributed by atoms with E-state index in [1.54, 1.807) is 50.2 Å². The molecule has 1 aliphatic heterocycles. The van der Waals surface area contributed by atoms with Gasteiger partial charge in [-0.3, -0.25) is 4.79 Å². The molecule has 14 heteroatoms. The van der Waals surface area contributed by atoms with Crippen LogP contribution in [0.4, 0.5) is 0 Å². The number of nitrogens with one attached hydrogen (secondary N) is 3. The van der Waals surface area contributed by atoms with E-state index in [9.17, 15) is 14.4 Å². The first-order valence-corrected chi connectivity index (χ1v) is 13.7. The fraction of sp³-hybridized carbons (Fsp3) is 0.296. The van der Waals surface area contributed by atoms with Crippen molar-refractivity contribution in [3.05, 3.63) is 62.4 Å². The standard InChI is InChI=1S/C27H29IN4O8S/c1-5-38-26(35)23-15(2)30-27(41)31-24(23)17-8-6-7-9-19(17)39-13-21(33)32-29-12-16-10-18(28)25(20(11-16)36-3)40-14-22(34)37-4/h6-12,24H,5,13-14H2,1-4H3,(H,32,33)(H2,30,31,41)/t24-/m1/s1. The van der Waals surface area contributed by atoms with Crippen molar-refractivity contribution in [2.45, 2.75) is 19.9 Å².